The lowest BCUT2D eigenvalue weighted by Crippen LogP contribution is -2.42. The molecule has 2 aromatic rings. The van der Waals surface area contributed by atoms with E-state index in [-0.39, 0.29) is 5.41 Å². The molecule has 0 spiro atoms. The van der Waals surface area contributed by atoms with E-state index in [1.54, 1.807) is 0 Å². The molecule has 1 fully saturated rings. The molecule has 0 aromatic carbocycles. The van der Waals surface area contributed by atoms with Gasteiger partial charge in [-0.1, -0.05) is 38.3 Å². The lowest BCUT2D eigenvalue weighted by Gasteiger charge is -2.43. The lowest BCUT2D eigenvalue weighted by molar-refractivity contribution is 0.190. The Morgan fingerprint density at radius 1 is 1.08 bits per heavy atom. The first-order chi connectivity index (χ1) is 12.8. The van der Waals surface area contributed by atoms with Crippen molar-refractivity contribution in [2.24, 2.45) is 0 Å². The summed E-state index contributed by atoms with van der Waals surface area (Å²) < 4.78 is 0. The summed E-state index contributed by atoms with van der Waals surface area (Å²) in [4.78, 5) is 11.5. The number of hydrogen-bond donors (Lipinski definition) is 0. The van der Waals surface area contributed by atoms with Crippen LogP contribution in [0.1, 0.15) is 61.9 Å². The number of allylic oxidation sites excluding steroid dienone is 1. The van der Waals surface area contributed by atoms with Crippen LogP contribution >= 0.6 is 11.8 Å². The zero-order chi connectivity index (χ0) is 17.8. The molecular formula is C22H27N3S. The molecule has 0 saturated heterocycles. The van der Waals surface area contributed by atoms with Gasteiger partial charge >= 0.3 is 0 Å². The van der Waals surface area contributed by atoms with E-state index in [9.17, 15) is 0 Å². The van der Waals surface area contributed by atoms with Crippen LogP contribution in [0.5, 0.6) is 0 Å². The highest BCUT2D eigenvalue weighted by Gasteiger charge is 2.39. The average Bonchev–Trinajstić information content (AvgIpc) is 3.12. The van der Waals surface area contributed by atoms with Gasteiger partial charge in [-0.05, 0) is 42.4 Å². The van der Waals surface area contributed by atoms with Crippen molar-refractivity contribution in [2.45, 2.75) is 56.2 Å². The van der Waals surface area contributed by atoms with Gasteiger partial charge < -0.3 is 4.90 Å². The van der Waals surface area contributed by atoms with Crippen molar-refractivity contribution in [1.29, 1.82) is 0 Å². The van der Waals surface area contributed by atoms with E-state index < -0.39 is 0 Å². The highest BCUT2D eigenvalue weighted by atomic mass is 32.2. The quantitative estimate of drug-likeness (QED) is 0.682. The van der Waals surface area contributed by atoms with E-state index in [1.807, 2.05) is 30.4 Å². The normalized spacial score (nSPS) is 22.3. The minimum atomic E-state index is 0.214. The highest BCUT2D eigenvalue weighted by molar-refractivity contribution is 8.02. The Morgan fingerprint density at radius 3 is 2.50 bits per heavy atom. The van der Waals surface area contributed by atoms with Crippen molar-refractivity contribution >= 4 is 11.8 Å². The maximum Gasteiger partial charge on any atom is 0.106 e. The van der Waals surface area contributed by atoms with Crippen molar-refractivity contribution < 1.29 is 0 Å². The second kappa shape index (κ2) is 7.83. The Bertz CT molecular complexity index is 738. The number of thioether (sulfide) groups is 1. The largest absolute Gasteiger partial charge is 0.357 e. The summed E-state index contributed by atoms with van der Waals surface area (Å²) in [6.07, 6.45) is 15.5. The van der Waals surface area contributed by atoms with E-state index in [0.717, 1.165) is 13.0 Å². The van der Waals surface area contributed by atoms with Gasteiger partial charge in [0, 0.05) is 48.0 Å². The van der Waals surface area contributed by atoms with Gasteiger partial charge in [0.05, 0.1) is 0 Å². The molecule has 0 bridgehead atoms. The topological polar surface area (TPSA) is 29.0 Å². The molecule has 0 N–H and O–H groups in total. The number of nitrogens with zero attached hydrogens (tertiary/aromatic N) is 3. The Hall–Kier alpha value is -1.81. The minimum absolute atomic E-state index is 0.214. The maximum absolute atomic E-state index is 4.45. The van der Waals surface area contributed by atoms with Crippen molar-refractivity contribution in [1.82, 2.24) is 14.9 Å². The summed E-state index contributed by atoms with van der Waals surface area (Å²) in [6.45, 7) is 3.34. The van der Waals surface area contributed by atoms with E-state index in [4.69, 9.17) is 0 Å². The van der Waals surface area contributed by atoms with Crippen LogP contribution in [0.4, 0.5) is 0 Å². The molecule has 1 unspecified atom stereocenters. The van der Waals surface area contributed by atoms with Crippen LogP contribution in [-0.2, 0) is 5.41 Å². The summed E-state index contributed by atoms with van der Waals surface area (Å²) in [5.41, 5.74) is 4.38. The fourth-order valence-corrected chi connectivity index (χ4v) is 5.70. The van der Waals surface area contributed by atoms with Crippen LogP contribution in [-0.4, -0.2) is 21.4 Å². The molecule has 0 radical (unpaired) electrons. The van der Waals surface area contributed by atoms with Crippen LogP contribution in [0.15, 0.2) is 60.2 Å². The highest BCUT2D eigenvalue weighted by Crippen LogP contribution is 2.48. The second-order valence-electron chi connectivity index (χ2n) is 7.45. The summed E-state index contributed by atoms with van der Waals surface area (Å²) in [5.74, 6) is 0. The molecule has 0 amide bonds. The summed E-state index contributed by atoms with van der Waals surface area (Å²) in [5, 5.41) is 2.70. The fraction of sp³-hybridized carbons (Fsp3) is 0.455. The van der Waals surface area contributed by atoms with Crippen molar-refractivity contribution in [3.8, 4) is 0 Å². The SMILES string of the molecule is CCC1=CSC(c2cccnc2)N1CC1(c2cccnc2)CCCCC1. The first kappa shape index (κ1) is 17.6. The van der Waals surface area contributed by atoms with E-state index in [2.05, 4.69) is 57.7 Å². The molecule has 1 saturated carbocycles. The summed E-state index contributed by atoms with van der Waals surface area (Å²) >= 11 is 1.93. The van der Waals surface area contributed by atoms with Crippen molar-refractivity contribution in [2.75, 3.05) is 6.54 Å². The van der Waals surface area contributed by atoms with Gasteiger partial charge in [0.2, 0.25) is 0 Å². The van der Waals surface area contributed by atoms with Crippen molar-refractivity contribution in [3.63, 3.8) is 0 Å². The zero-order valence-electron chi connectivity index (χ0n) is 15.5. The van der Waals surface area contributed by atoms with Gasteiger partial charge in [0.15, 0.2) is 0 Å². The van der Waals surface area contributed by atoms with E-state index >= 15 is 0 Å². The lowest BCUT2D eigenvalue weighted by atomic mass is 9.69. The van der Waals surface area contributed by atoms with Gasteiger partial charge in [-0.25, -0.2) is 0 Å². The number of hydrogen-bond acceptors (Lipinski definition) is 4. The van der Waals surface area contributed by atoms with Crippen molar-refractivity contribution in [3.05, 3.63) is 71.3 Å². The molecule has 2 aliphatic rings. The minimum Gasteiger partial charge on any atom is -0.357 e. The summed E-state index contributed by atoms with van der Waals surface area (Å²) in [6, 6.07) is 8.65. The van der Waals surface area contributed by atoms with Gasteiger partial charge in [-0.3, -0.25) is 9.97 Å². The molecule has 136 valence electrons. The zero-order valence-corrected chi connectivity index (χ0v) is 16.3. The smallest absolute Gasteiger partial charge is 0.106 e. The molecule has 2 aromatic heterocycles. The third-order valence-electron chi connectivity index (χ3n) is 5.87. The fourth-order valence-electron chi connectivity index (χ4n) is 4.46. The van der Waals surface area contributed by atoms with E-state index in [1.165, 1.54) is 48.9 Å². The molecule has 4 heteroatoms. The van der Waals surface area contributed by atoms with E-state index in [0.29, 0.717) is 5.37 Å². The molecule has 1 aliphatic heterocycles. The first-order valence-corrected chi connectivity index (χ1v) is 10.7. The summed E-state index contributed by atoms with van der Waals surface area (Å²) in [7, 11) is 0. The Kier molecular flexibility index (Phi) is 5.30. The molecule has 1 atom stereocenters. The molecule has 26 heavy (non-hydrogen) atoms. The van der Waals surface area contributed by atoms with Crippen LogP contribution in [0.2, 0.25) is 0 Å². The first-order valence-electron chi connectivity index (χ1n) is 9.74. The second-order valence-corrected chi connectivity index (χ2v) is 8.40. The van der Waals surface area contributed by atoms with Crippen LogP contribution in [0.25, 0.3) is 0 Å². The molecule has 1 aliphatic carbocycles. The molecular weight excluding hydrogens is 338 g/mol. The molecule has 3 nitrogen and oxygen atoms in total. The number of pyridine rings is 2. The van der Waals surface area contributed by atoms with Gasteiger partial charge in [-0.2, -0.15) is 0 Å². The molecule has 3 heterocycles. The van der Waals surface area contributed by atoms with Crippen LogP contribution in [0, 0.1) is 0 Å². The predicted octanol–water partition coefficient (Wildman–Crippen LogP) is 5.68. The van der Waals surface area contributed by atoms with Gasteiger partial charge in [-0.15, -0.1) is 11.8 Å². The standard InChI is InChI=1S/C22H27N3S/c1-2-20-16-26-21(18-8-6-12-23-14-18)25(20)17-22(10-4-3-5-11-22)19-9-7-13-24-15-19/h6-9,12-16,21H,2-5,10-11,17H2,1H3. The third-order valence-corrected chi connectivity index (χ3v) is 7.07. The Labute approximate surface area is 160 Å². The Morgan fingerprint density at radius 2 is 1.85 bits per heavy atom. The average molecular weight is 366 g/mol. The third kappa shape index (κ3) is 3.39. The van der Waals surface area contributed by atoms with Gasteiger partial charge in [0.25, 0.3) is 0 Å². The molecule has 4 rings (SSSR count). The monoisotopic (exact) mass is 365 g/mol. The number of aromatic nitrogens is 2. The number of rotatable bonds is 5. The Balaban J connectivity index is 1.67. The van der Waals surface area contributed by atoms with Gasteiger partial charge in [0.1, 0.15) is 5.37 Å². The van der Waals surface area contributed by atoms with Crippen LogP contribution in [0.3, 0.4) is 0 Å². The predicted molar refractivity (Wildman–Crippen MR) is 109 cm³/mol. The maximum atomic E-state index is 4.45. The van der Waals surface area contributed by atoms with Crippen LogP contribution < -0.4 is 0 Å².